The second-order valence-corrected chi connectivity index (χ2v) is 3.73. The molecule has 1 heterocycles. The molecular weight excluding hydrogens is 263 g/mol. The van der Waals surface area contributed by atoms with E-state index in [1.54, 1.807) is 30.3 Å². The molecule has 5 nitrogen and oxygen atoms in total. The van der Waals surface area contributed by atoms with E-state index in [1.165, 1.54) is 0 Å². The molecule has 0 saturated carbocycles. The number of hydrogen-bond acceptors (Lipinski definition) is 3. The Kier molecular flexibility index (Phi) is 3.24. The number of benzene rings is 1. The molecule has 1 aromatic carbocycles. The summed E-state index contributed by atoms with van der Waals surface area (Å²) in [5.74, 6) is -1.71. The van der Waals surface area contributed by atoms with Crippen LogP contribution in [0.15, 0.2) is 30.3 Å². The smallest absolute Gasteiger partial charge is 0.437 e. The number of aromatic carboxylic acids is 1. The maximum absolute atomic E-state index is 12.6. The molecule has 0 fully saturated rings. The van der Waals surface area contributed by atoms with Crippen LogP contribution in [0.2, 0.25) is 0 Å². The Balaban J connectivity index is 2.42. The highest BCUT2D eigenvalue weighted by atomic mass is 19.4. The summed E-state index contributed by atoms with van der Waals surface area (Å²) in [6.45, 7) is -0.0917. The summed E-state index contributed by atoms with van der Waals surface area (Å²) in [6.07, 6.45) is -4.84. The maximum atomic E-state index is 12.6. The van der Waals surface area contributed by atoms with Gasteiger partial charge in [-0.3, -0.25) is 0 Å². The van der Waals surface area contributed by atoms with Crippen LogP contribution in [-0.2, 0) is 12.7 Å². The number of carbonyl (C=O) groups is 1. The molecule has 0 spiro atoms. The number of alkyl halides is 3. The summed E-state index contributed by atoms with van der Waals surface area (Å²) in [4.78, 5) is 10.9. The van der Waals surface area contributed by atoms with Crippen molar-refractivity contribution < 1.29 is 23.1 Å². The van der Waals surface area contributed by atoms with E-state index < -0.39 is 23.5 Å². The Morgan fingerprint density at radius 1 is 1.26 bits per heavy atom. The van der Waals surface area contributed by atoms with Crippen LogP contribution in [0.4, 0.5) is 13.2 Å². The van der Waals surface area contributed by atoms with E-state index in [4.69, 9.17) is 5.11 Å². The number of aromatic nitrogens is 3. The molecule has 0 aliphatic rings. The van der Waals surface area contributed by atoms with Gasteiger partial charge in [-0.05, 0) is 5.56 Å². The summed E-state index contributed by atoms with van der Waals surface area (Å²) in [6, 6.07) is 8.43. The molecule has 0 aliphatic heterocycles. The van der Waals surface area contributed by atoms with Crippen LogP contribution < -0.4 is 0 Å². The minimum atomic E-state index is -4.84. The van der Waals surface area contributed by atoms with Crippen LogP contribution in [0.1, 0.15) is 21.7 Å². The van der Waals surface area contributed by atoms with Crippen molar-refractivity contribution in [2.45, 2.75) is 12.7 Å². The Morgan fingerprint density at radius 2 is 1.89 bits per heavy atom. The van der Waals surface area contributed by atoms with Gasteiger partial charge in [0.1, 0.15) is 0 Å². The van der Waals surface area contributed by atoms with E-state index in [9.17, 15) is 18.0 Å². The Bertz CT molecular complexity index is 593. The molecule has 1 aromatic heterocycles. The monoisotopic (exact) mass is 271 g/mol. The summed E-state index contributed by atoms with van der Waals surface area (Å²) >= 11 is 0. The van der Waals surface area contributed by atoms with Gasteiger partial charge in [-0.2, -0.15) is 13.2 Å². The molecule has 0 saturated heterocycles. The molecule has 19 heavy (non-hydrogen) atoms. The van der Waals surface area contributed by atoms with Gasteiger partial charge in [-0.15, -0.1) is 5.10 Å². The lowest BCUT2D eigenvalue weighted by molar-refractivity contribution is -0.141. The predicted octanol–water partition coefficient (Wildman–Crippen LogP) is 2.04. The van der Waals surface area contributed by atoms with Crippen molar-refractivity contribution in [3.8, 4) is 0 Å². The molecule has 100 valence electrons. The number of carboxylic acids is 1. The van der Waals surface area contributed by atoms with Crippen LogP contribution >= 0.6 is 0 Å². The molecule has 1 N–H and O–H groups in total. The van der Waals surface area contributed by atoms with Gasteiger partial charge in [0.25, 0.3) is 0 Å². The van der Waals surface area contributed by atoms with Crippen molar-refractivity contribution in [1.82, 2.24) is 15.0 Å². The van der Waals surface area contributed by atoms with Crippen LogP contribution in [0, 0.1) is 0 Å². The van der Waals surface area contributed by atoms with Crippen molar-refractivity contribution in [2.75, 3.05) is 0 Å². The molecule has 2 aromatic rings. The molecule has 0 amide bonds. The highest BCUT2D eigenvalue weighted by Crippen LogP contribution is 2.30. The zero-order valence-corrected chi connectivity index (χ0v) is 9.42. The first-order valence-corrected chi connectivity index (χ1v) is 5.17. The van der Waals surface area contributed by atoms with Crippen LogP contribution in [0.3, 0.4) is 0 Å². The molecule has 0 unspecified atom stereocenters. The van der Waals surface area contributed by atoms with Crippen molar-refractivity contribution in [3.63, 3.8) is 0 Å². The highest BCUT2D eigenvalue weighted by molar-refractivity contribution is 5.87. The Labute approximate surface area is 105 Å². The van der Waals surface area contributed by atoms with E-state index in [0.717, 1.165) is 4.68 Å². The van der Waals surface area contributed by atoms with Crippen LogP contribution in [-0.4, -0.2) is 26.1 Å². The standard InChI is InChI=1S/C11H8F3N3O2/c12-11(13,14)9-8(10(18)19)17(16-15-9)6-7-4-2-1-3-5-7/h1-5H,6H2,(H,18,19). The quantitative estimate of drug-likeness (QED) is 0.927. The summed E-state index contributed by atoms with van der Waals surface area (Å²) in [5.41, 5.74) is -1.82. The van der Waals surface area contributed by atoms with E-state index in [2.05, 4.69) is 10.3 Å². The third-order valence-corrected chi connectivity index (χ3v) is 2.38. The zero-order valence-electron chi connectivity index (χ0n) is 9.42. The largest absolute Gasteiger partial charge is 0.476 e. The van der Waals surface area contributed by atoms with Gasteiger partial charge in [-0.1, -0.05) is 35.5 Å². The van der Waals surface area contributed by atoms with Crippen molar-refractivity contribution in [3.05, 3.63) is 47.3 Å². The topological polar surface area (TPSA) is 68.0 Å². The van der Waals surface area contributed by atoms with Gasteiger partial charge in [0, 0.05) is 0 Å². The molecular formula is C11H8F3N3O2. The van der Waals surface area contributed by atoms with E-state index in [0.29, 0.717) is 5.56 Å². The first kappa shape index (κ1) is 13.1. The molecule has 0 aliphatic carbocycles. The second-order valence-electron chi connectivity index (χ2n) is 3.73. The molecule has 8 heteroatoms. The zero-order chi connectivity index (χ0) is 14.0. The predicted molar refractivity (Wildman–Crippen MR) is 57.5 cm³/mol. The number of carboxylic acid groups (broad SMARTS) is 1. The molecule has 0 bridgehead atoms. The second kappa shape index (κ2) is 4.71. The van der Waals surface area contributed by atoms with Gasteiger partial charge in [0.15, 0.2) is 5.69 Å². The number of hydrogen-bond donors (Lipinski definition) is 1. The van der Waals surface area contributed by atoms with Crippen molar-refractivity contribution in [2.24, 2.45) is 0 Å². The lowest BCUT2D eigenvalue weighted by atomic mass is 10.2. The first-order valence-electron chi connectivity index (χ1n) is 5.17. The van der Waals surface area contributed by atoms with Gasteiger partial charge in [0.05, 0.1) is 6.54 Å². The number of nitrogens with zero attached hydrogens (tertiary/aromatic N) is 3. The van der Waals surface area contributed by atoms with Crippen LogP contribution in [0.25, 0.3) is 0 Å². The van der Waals surface area contributed by atoms with Gasteiger partial charge < -0.3 is 5.11 Å². The molecule has 0 radical (unpaired) electrons. The fourth-order valence-electron chi connectivity index (χ4n) is 1.58. The minimum absolute atomic E-state index is 0.0917. The van der Waals surface area contributed by atoms with E-state index in [-0.39, 0.29) is 6.54 Å². The Morgan fingerprint density at radius 3 is 2.42 bits per heavy atom. The normalized spacial score (nSPS) is 11.5. The Hall–Kier alpha value is -2.38. The third-order valence-electron chi connectivity index (χ3n) is 2.38. The van der Waals surface area contributed by atoms with Gasteiger partial charge in [0.2, 0.25) is 5.69 Å². The average molecular weight is 271 g/mol. The first-order chi connectivity index (χ1) is 8.89. The van der Waals surface area contributed by atoms with E-state index >= 15 is 0 Å². The highest BCUT2D eigenvalue weighted by Gasteiger charge is 2.41. The minimum Gasteiger partial charge on any atom is -0.476 e. The number of halogens is 3. The summed E-state index contributed by atoms with van der Waals surface area (Å²) in [7, 11) is 0. The summed E-state index contributed by atoms with van der Waals surface area (Å²) < 4.78 is 38.5. The average Bonchev–Trinajstić information content (AvgIpc) is 2.74. The van der Waals surface area contributed by atoms with Crippen molar-refractivity contribution >= 4 is 5.97 Å². The SMILES string of the molecule is O=C(O)c1c(C(F)(F)F)nnn1Cc1ccccc1. The van der Waals surface area contributed by atoms with Crippen LogP contribution in [0.5, 0.6) is 0 Å². The van der Waals surface area contributed by atoms with E-state index in [1.807, 2.05) is 0 Å². The van der Waals surface area contributed by atoms with Gasteiger partial charge in [-0.25, -0.2) is 9.48 Å². The van der Waals surface area contributed by atoms with Gasteiger partial charge >= 0.3 is 12.1 Å². The maximum Gasteiger partial charge on any atom is 0.437 e. The summed E-state index contributed by atoms with van der Waals surface area (Å²) in [5, 5.41) is 15.1. The molecule has 2 rings (SSSR count). The van der Waals surface area contributed by atoms with Crippen molar-refractivity contribution in [1.29, 1.82) is 0 Å². The lowest BCUT2D eigenvalue weighted by Gasteiger charge is -2.06. The fraction of sp³-hybridized carbons (Fsp3) is 0.182. The third kappa shape index (κ3) is 2.72. The number of rotatable bonds is 3. The fourth-order valence-corrected chi connectivity index (χ4v) is 1.58. The lowest BCUT2D eigenvalue weighted by Crippen LogP contribution is -2.17. The molecule has 0 atom stereocenters.